The third-order valence-corrected chi connectivity index (χ3v) is 5.55. The minimum Gasteiger partial charge on any atom is -0.341 e. The summed E-state index contributed by atoms with van der Waals surface area (Å²) in [5.41, 5.74) is 5.23. The Morgan fingerprint density at radius 2 is 1.63 bits per heavy atom. The fourth-order valence-electron chi connectivity index (χ4n) is 4.00. The van der Waals surface area contributed by atoms with Gasteiger partial charge in [-0.1, -0.05) is 44.2 Å². The first-order chi connectivity index (χ1) is 14.5. The molecule has 0 spiro atoms. The monoisotopic (exact) mass is 398 g/mol. The Bertz CT molecular complexity index is 1070. The lowest BCUT2D eigenvalue weighted by Gasteiger charge is -2.25. The second-order valence-electron chi connectivity index (χ2n) is 7.94. The van der Waals surface area contributed by atoms with E-state index in [4.69, 9.17) is 0 Å². The van der Waals surface area contributed by atoms with E-state index in [1.165, 1.54) is 0 Å². The number of nitrogens with zero attached hydrogens (tertiary/aromatic N) is 1. The highest BCUT2D eigenvalue weighted by Gasteiger charge is 2.21. The maximum absolute atomic E-state index is 12.8. The lowest BCUT2D eigenvalue weighted by Crippen LogP contribution is -2.18. The summed E-state index contributed by atoms with van der Waals surface area (Å²) < 4.78 is 0. The topological polar surface area (TPSA) is 49.4 Å². The smallest absolute Gasteiger partial charge is 0.255 e. The van der Waals surface area contributed by atoms with E-state index in [9.17, 15) is 9.59 Å². The standard InChI is InChI=1S/C26H26N2O2/c1-18(2)21-8-3-4-9-22(21)26(30)27-19-13-15-20(16-14-19)28-17-7-12-25(29)23-10-5-6-11-24(23)28/h3-6,8-11,13-16,18H,7,12,17H2,1-2H3,(H,27,30). The van der Waals surface area contributed by atoms with Crippen LogP contribution >= 0.6 is 0 Å². The number of hydrogen-bond donors (Lipinski definition) is 1. The van der Waals surface area contributed by atoms with Gasteiger partial charge in [0.05, 0.1) is 5.69 Å². The highest BCUT2D eigenvalue weighted by molar-refractivity contribution is 6.05. The summed E-state index contributed by atoms with van der Waals surface area (Å²) in [6, 6.07) is 23.3. The molecule has 1 aliphatic heterocycles. The summed E-state index contributed by atoms with van der Waals surface area (Å²) in [6.07, 6.45) is 1.38. The number of nitrogens with one attached hydrogen (secondary N) is 1. The maximum Gasteiger partial charge on any atom is 0.255 e. The van der Waals surface area contributed by atoms with Gasteiger partial charge < -0.3 is 10.2 Å². The second-order valence-corrected chi connectivity index (χ2v) is 7.94. The molecule has 0 saturated heterocycles. The van der Waals surface area contributed by atoms with Gasteiger partial charge in [-0.2, -0.15) is 0 Å². The molecule has 0 fully saturated rings. The van der Waals surface area contributed by atoms with Crippen LogP contribution in [-0.2, 0) is 0 Å². The van der Waals surface area contributed by atoms with Gasteiger partial charge in [0, 0.05) is 35.5 Å². The van der Waals surface area contributed by atoms with Crippen LogP contribution in [0.5, 0.6) is 0 Å². The minimum absolute atomic E-state index is 0.0993. The molecule has 3 aromatic carbocycles. The number of rotatable bonds is 4. The van der Waals surface area contributed by atoms with Crippen molar-refractivity contribution >= 4 is 28.8 Å². The molecule has 0 bridgehead atoms. The molecule has 3 aromatic rings. The van der Waals surface area contributed by atoms with Crippen LogP contribution in [0.15, 0.2) is 72.8 Å². The number of hydrogen-bond acceptors (Lipinski definition) is 3. The zero-order valence-corrected chi connectivity index (χ0v) is 17.4. The van der Waals surface area contributed by atoms with Gasteiger partial charge in [-0.05, 0) is 60.4 Å². The van der Waals surface area contributed by atoms with Gasteiger partial charge in [-0.15, -0.1) is 0 Å². The molecule has 0 unspecified atom stereocenters. The average molecular weight is 399 g/mol. The molecule has 1 heterocycles. The Hall–Kier alpha value is -3.40. The zero-order chi connectivity index (χ0) is 21.1. The largest absolute Gasteiger partial charge is 0.341 e. The fraction of sp³-hybridized carbons (Fsp3) is 0.231. The molecule has 1 N–H and O–H groups in total. The average Bonchev–Trinajstić information content (AvgIpc) is 2.93. The fourth-order valence-corrected chi connectivity index (χ4v) is 4.00. The van der Waals surface area contributed by atoms with E-state index >= 15 is 0 Å². The summed E-state index contributed by atoms with van der Waals surface area (Å²) in [6.45, 7) is 4.96. The normalized spacial score (nSPS) is 13.7. The predicted octanol–water partition coefficient (Wildman–Crippen LogP) is 6.18. The van der Waals surface area contributed by atoms with E-state index in [2.05, 4.69) is 24.1 Å². The van der Waals surface area contributed by atoms with Crippen molar-refractivity contribution in [2.24, 2.45) is 0 Å². The molecule has 4 nitrogen and oxygen atoms in total. The first kappa shape index (κ1) is 19.9. The van der Waals surface area contributed by atoms with Crippen molar-refractivity contribution in [2.45, 2.75) is 32.6 Å². The van der Waals surface area contributed by atoms with E-state index in [0.29, 0.717) is 12.0 Å². The Kier molecular flexibility index (Phi) is 5.66. The molecule has 152 valence electrons. The molecule has 1 aliphatic rings. The van der Waals surface area contributed by atoms with Gasteiger partial charge in [0.25, 0.3) is 5.91 Å². The quantitative estimate of drug-likeness (QED) is 0.571. The van der Waals surface area contributed by atoms with Crippen molar-refractivity contribution in [1.29, 1.82) is 0 Å². The molecule has 4 rings (SSSR count). The van der Waals surface area contributed by atoms with Gasteiger partial charge >= 0.3 is 0 Å². The SMILES string of the molecule is CC(C)c1ccccc1C(=O)Nc1ccc(N2CCCC(=O)c3ccccc32)cc1. The van der Waals surface area contributed by atoms with E-state index in [1.807, 2.05) is 72.8 Å². The van der Waals surface area contributed by atoms with Crippen LogP contribution in [0.25, 0.3) is 0 Å². The molecular formula is C26H26N2O2. The lowest BCUT2D eigenvalue weighted by atomic mass is 9.97. The van der Waals surface area contributed by atoms with Gasteiger partial charge in [-0.3, -0.25) is 9.59 Å². The molecule has 0 radical (unpaired) electrons. The Morgan fingerprint density at radius 3 is 2.40 bits per heavy atom. The predicted molar refractivity (Wildman–Crippen MR) is 122 cm³/mol. The summed E-state index contributed by atoms with van der Waals surface area (Å²) in [7, 11) is 0. The van der Waals surface area contributed by atoms with E-state index in [0.717, 1.165) is 41.2 Å². The van der Waals surface area contributed by atoms with E-state index in [1.54, 1.807) is 0 Å². The molecule has 0 saturated carbocycles. The first-order valence-electron chi connectivity index (χ1n) is 10.4. The number of Topliss-reactive ketones (excluding diaryl/α,β-unsaturated/α-hetero) is 1. The number of para-hydroxylation sites is 1. The van der Waals surface area contributed by atoms with Crippen LogP contribution in [0.1, 0.15) is 58.9 Å². The third-order valence-electron chi connectivity index (χ3n) is 5.55. The third kappa shape index (κ3) is 3.99. The zero-order valence-electron chi connectivity index (χ0n) is 17.4. The van der Waals surface area contributed by atoms with Crippen LogP contribution in [0.2, 0.25) is 0 Å². The van der Waals surface area contributed by atoms with Crippen molar-refractivity contribution in [1.82, 2.24) is 0 Å². The van der Waals surface area contributed by atoms with Crippen molar-refractivity contribution in [3.8, 4) is 0 Å². The van der Waals surface area contributed by atoms with Gasteiger partial charge in [0.15, 0.2) is 5.78 Å². The number of ketones is 1. The number of anilines is 3. The highest BCUT2D eigenvalue weighted by atomic mass is 16.1. The van der Waals surface area contributed by atoms with Crippen LogP contribution < -0.4 is 10.2 Å². The number of benzene rings is 3. The second kappa shape index (κ2) is 8.54. The maximum atomic E-state index is 12.8. The van der Waals surface area contributed by atoms with Gasteiger partial charge in [0.2, 0.25) is 0 Å². The van der Waals surface area contributed by atoms with Crippen LogP contribution in [0, 0.1) is 0 Å². The van der Waals surface area contributed by atoms with Crippen molar-refractivity contribution < 1.29 is 9.59 Å². The summed E-state index contributed by atoms with van der Waals surface area (Å²) >= 11 is 0. The summed E-state index contributed by atoms with van der Waals surface area (Å²) in [5, 5.41) is 3.01. The Labute approximate surface area is 177 Å². The Morgan fingerprint density at radius 1 is 0.933 bits per heavy atom. The molecule has 4 heteroatoms. The first-order valence-corrected chi connectivity index (χ1v) is 10.4. The van der Waals surface area contributed by atoms with Crippen molar-refractivity contribution in [3.05, 3.63) is 89.5 Å². The lowest BCUT2D eigenvalue weighted by molar-refractivity contribution is 0.0982. The van der Waals surface area contributed by atoms with Gasteiger partial charge in [0.1, 0.15) is 0 Å². The molecule has 30 heavy (non-hydrogen) atoms. The summed E-state index contributed by atoms with van der Waals surface area (Å²) in [4.78, 5) is 27.4. The number of carbonyl (C=O) groups is 2. The van der Waals surface area contributed by atoms with Crippen LogP contribution in [0.4, 0.5) is 17.1 Å². The summed E-state index contributed by atoms with van der Waals surface area (Å²) in [5.74, 6) is 0.374. The molecule has 1 amide bonds. The molecular weight excluding hydrogens is 372 g/mol. The molecule has 0 aliphatic carbocycles. The van der Waals surface area contributed by atoms with Crippen LogP contribution in [0.3, 0.4) is 0 Å². The van der Waals surface area contributed by atoms with Crippen molar-refractivity contribution in [2.75, 3.05) is 16.8 Å². The molecule has 0 atom stereocenters. The minimum atomic E-state index is -0.0993. The molecule has 0 aromatic heterocycles. The van der Waals surface area contributed by atoms with Gasteiger partial charge in [-0.25, -0.2) is 0 Å². The number of carbonyl (C=O) groups excluding carboxylic acids is 2. The van der Waals surface area contributed by atoms with Crippen LogP contribution in [-0.4, -0.2) is 18.2 Å². The van der Waals surface area contributed by atoms with Crippen molar-refractivity contribution in [3.63, 3.8) is 0 Å². The Balaban J connectivity index is 1.56. The van der Waals surface area contributed by atoms with E-state index < -0.39 is 0 Å². The van der Waals surface area contributed by atoms with E-state index in [-0.39, 0.29) is 17.6 Å². The highest BCUT2D eigenvalue weighted by Crippen LogP contribution is 2.33. The number of amides is 1. The number of fused-ring (bicyclic) bond motifs is 1.